The Bertz CT molecular complexity index is 544. The second kappa shape index (κ2) is 7.27. The molecule has 0 aliphatic carbocycles. The van der Waals surface area contributed by atoms with Crippen molar-refractivity contribution in [2.24, 2.45) is 5.73 Å². The van der Waals surface area contributed by atoms with E-state index in [2.05, 4.69) is 59.5 Å². The first-order valence-electron chi connectivity index (χ1n) is 7.74. The number of rotatable bonds is 7. The van der Waals surface area contributed by atoms with Crippen LogP contribution < -0.4 is 10.6 Å². The van der Waals surface area contributed by atoms with Crippen LogP contribution in [0.1, 0.15) is 37.6 Å². The maximum Gasteiger partial charge on any atom is 0.0948 e. The summed E-state index contributed by atoms with van der Waals surface area (Å²) < 4.78 is 2.22. The SMILES string of the molecule is CCCn1cncc1C(CN)N(CC)c1ccc(C)cc1. The summed E-state index contributed by atoms with van der Waals surface area (Å²) in [5.74, 6) is 0. The van der Waals surface area contributed by atoms with Crippen LogP contribution in [-0.4, -0.2) is 22.6 Å². The van der Waals surface area contributed by atoms with Gasteiger partial charge in [-0.15, -0.1) is 0 Å². The maximum absolute atomic E-state index is 6.09. The Morgan fingerprint density at radius 2 is 1.95 bits per heavy atom. The Morgan fingerprint density at radius 1 is 1.24 bits per heavy atom. The molecule has 114 valence electrons. The van der Waals surface area contributed by atoms with Crippen LogP contribution >= 0.6 is 0 Å². The normalized spacial score (nSPS) is 12.4. The maximum atomic E-state index is 6.09. The molecule has 0 aliphatic rings. The average Bonchev–Trinajstić information content (AvgIpc) is 2.94. The first-order chi connectivity index (χ1) is 10.2. The van der Waals surface area contributed by atoms with Crippen molar-refractivity contribution in [3.63, 3.8) is 0 Å². The highest BCUT2D eigenvalue weighted by Crippen LogP contribution is 2.26. The zero-order valence-electron chi connectivity index (χ0n) is 13.3. The molecule has 21 heavy (non-hydrogen) atoms. The van der Waals surface area contributed by atoms with E-state index in [1.54, 1.807) is 0 Å². The lowest BCUT2D eigenvalue weighted by Crippen LogP contribution is -2.35. The zero-order valence-corrected chi connectivity index (χ0v) is 13.3. The molecular formula is C17H26N4. The second-order valence-corrected chi connectivity index (χ2v) is 5.38. The summed E-state index contributed by atoms with van der Waals surface area (Å²) in [5.41, 5.74) is 9.77. The number of aryl methyl sites for hydroxylation is 2. The molecule has 0 bridgehead atoms. The van der Waals surface area contributed by atoms with Crippen molar-refractivity contribution in [1.29, 1.82) is 0 Å². The average molecular weight is 286 g/mol. The van der Waals surface area contributed by atoms with Crippen LogP contribution in [0, 0.1) is 6.92 Å². The molecule has 1 aromatic heterocycles. The first-order valence-corrected chi connectivity index (χ1v) is 7.74. The summed E-state index contributed by atoms with van der Waals surface area (Å²) in [6, 6.07) is 8.79. The fourth-order valence-electron chi connectivity index (χ4n) is 2.76. The predicted molar refractivity (Wildman–Crippen MR) is 88.5 cm³/mol. The molecule has 0 amide bonds. The van der Waals surface area contributed by atoms with Gasteiger partial charge in [0, 0.05) is 25.3 Å². The van der Waals surface area contributed by atoms with Crippen molar-refractivity contribution in [2.45, 2.75) is 39.8 Å². The van der Waals surface area contributed by atoms with Gasteiger partial charge in [0.05, 0.1) is 24.3 Å². The Labute approximate surface area is 127 Å². The van der Waals surface area contributed by atoms with Gasteiger partial charge in [0.15, 0.2) is 0 Å². The summed E-state index contributed by atoms with van der Waals surface area (Å²) in [5, 5.41) is 0. The molecule has 0 spiro atoms. The van der Waals surface area contributed by atoms with Gasteiger partial charge in [0.1, 0.15) is 0 Å². The Morgan fingerprint density at radius 3 is 2.52 bits per heavy atom. The summed E-state index contributed by atoms with van der Waals surface area (Å²) in [6.07, 6.45) is 4.95. The lowest BCUT2D eigenvalue weighted by Gasteiger charge is -2.32. The minimum Gasteiger partial charge on any atom is -0.362 e. The lowest BCUT2D eigenvalue weighted by atomic mass is 10.1. The minimum absolute atomic E-state index is 0.159. The zero-order chi connectivity index (χ0) is 15.2. The second-order valence-electron chi connectivity index (χ2n) is 5.38. The third-order valence-corrected chi connectivity index (χ3v) is 3.86. The largest absolute Gasteiger partial charge is 0.362 e. The topological polar surface area (TPSA) is 47.1 Å². The minimum atomic E-state index is 0.159. The molecule has 1 atom stereocenters. The number of anilines is 1. The molecule has 2 rings (SSSR count). The van der Waals surface area contributed by atoms with Gasteiger partial charge >= 0.3 is 0 Å². The van der Waals surface area contributed by atoms with Crippen molar-refractivity contribution >= 4 is 5.69 Å². The number of hydrogen-bond donors (Lipinski definition) is 1. The molecule has 2 aromatic rings. The van der Waals surface area contributed by atoms with Crippen LogP contribution in [0.4, 0.5) is 5.69 Å². The van der Waals surface area contributed by atoms with Crippen LogP contribution in [0.2, 0.25) is 0 Å². The van der Waals surface area contributed by atoms with E-state index >= 15 is 0 Å². The molecular weight excluding hydrogens is 260 g/mol. The molecule has 4 heteroatoms. The van der Waals surface area contributed by atoms with Crippen LogP contribution in [0.3, 0.4) is 0 Å². The summed E-state index contributed by atoms with van der Waals surface area (Å²) in [4.78, 5) is 6.66. The van der Waals surface area contributed by atoms with Crippen molar-refractivity contribution in [2.75, 3.05) is 18.0 Å². The monoisotopic (exact) mass is 286 g/mol. The molecule has 0 saturated carbocycles. The highest BCUT2D eigenvalue weighted by atomic mass is 15.2. The summed E-state index contributed by atoms with van der Waals surface area (Å²) in [6.45, 7) is 8.94. The van der Waals surface area contributed by atoms with E-state index in [0.717, 1.165) is 19.5 Å². The smallest absolute Gasteiger partial charge is 0.0948 e. The number of benzene rings is 1. The van der Waals surface area contributed by atoms with E-state index in [4.69, 9.17) is 5.73 Å². The van der Waals surface area contributed by atoms with Crippen molar-refractivity contribution < 1.29 is 0 Å². The number of nitrogens with zero attached hydrogens (tertiary/aromatic N) is 3. The van der Waals surface area contributed by atoms with Crippen LogP contribution in [-0.2, 0) is 6.54 Å². The van der Waals surface area contributed by atoms with E-state index in [1.165, 1.54) is 16.9 Å². The molecule has 4 nitrogen and oxygen atoms in total. The van der Waals surface area contributed by atoms with E-state index < -0.39 is 0 Å². The molecule has 2 N–H and O–H groups in total. The van der Waals surface area contributed by atoms with Gasteiger partial charge in [-0.1, -0.05) is 24.6 Å². The molecule has 1 aromatic carbocycles. The summed E-state index contributed by atoms with van der Waals surface area (Å²) in [7, 11) is 0. The molecule has 0 saturated heterocycles. The van der Waals surface area contributed by atoms with Gasteiger partial charge in [-0.3, -0.25) is 0 Å². The number of hydrogen-bond acceptors (Lipinski definition) is 3. The standard InChI is InChI=1S/C17H26N4/c1-4-10-20-13-19-12-17(20)16(11-18)21(5-2)15-8-6-14(3)7-9-15/h6-9,12-13,16H,4-5,10-11,18H2,1-3H3. The molecule has 1 unspecified atom stereocenters. The van der Waals surface area contributed by atoms with Gasteiger partial charge in [-0.2, -0.15) is 0 Å². The Hall–Kier alpha value is -1.81. The fraction of sp³-hybridized carbons (Fsp3) is 0.471. The summed E-state index contributed by atoms with van der Waals surface area (Å²) >= 11 is 0. The van der Waals surface area contributed by atoms with Gasteiger partial charge in [0.2, 0.25) is 0 Å². The van der Waals surface area contributed by atoms with E-state index in [9.17, 15) is 0 Å². The highest BCUT2D eigenvalue weighted by molar-refractivity contribution is 5.49. The Balaban J connectivity index is 2.33. The number of aromatic nitrogens is 2. The van der Waals surface area contributed by atoms with E-state index in [-0.39, 0.29) is 6.04 Å². The third-order valence-electron chi connectivity index (χ3n) is 3.86. The number of nitrogens with two attached hydrogens (primary N) is 1. The van der Waals surface area contributed by atoms with Gasteiger partial charge < -0.3 is 15.2 Å². The lowest BCUT2D eigenvalue weighted by molar-refractivity contribution is 0.563. The van der Waals surface area contributed by atoms with E-state index in [1.807, 2.05) is 12.5 Å². The van der Waals surface area contributed by atoms with Crippen LogP contribution in [0.25, 0.3) is 0 Å². The van der Waals surface area contributed by atoms with Crippen molar-refractivity contribution in [3.05, 3.63) is 48.0 Å². The molecule has 0 fully saturated rings. The fourth-order valence-corrected chi connectivity index (χ4v) is 2.76. The van der Waals surface area contributed by atoms with Gasteiger partial charge in [0.25, 0.3) is 0 Å². The quantitative estimate of drug-likeness (QED) is 0.850. The van der Waals surface area contributed by atoms with Gasteiger partial charge in [-0.25, -0.2) is 4.98 Å². The molecule has 1 heterocycles. The molecule has 0 aliphatic heterocycles. The number of imidazole rings is 1. The van der Waals surface area contributed by atoms with Crippen LogP contribution in [0.15, 0.2) is 36.8 Å². The van der Waals surface area contributed by atoms with Crippen molar-refractivity contribution in [1.82, 2.24) is 9.55 Å². The van der Waals surface area contributed by atoms with Gasteiger partial charge in [-0.05, 0) is 32.4 Å². The number of likely N-dealkylation sites (N-methyl/N-ethyl adjacent to an activating group) is 1. The third kappa shape index (κ3) is 3.45. The molecule has 0 radical (unpaired) electrons. The highest BCUT2D eigenvalue weighted by Gasteiger charge is 2.21. The Kier molecular flexibility index (Phi) is 5.39. The predicted octanol–water partition coefficient (Wildman–Crippen LogP) is 3.13. The van der Waals surface area contributed by atoms with E-state index in [0.29, 0.717) is 6.54 Å². The van der Waals surface area contributed by atoms with Crippen molar-refractivity contribution in [3.8, 4) is 0 Å². The van der Waals surface area contributed by atoms with Crippen LogP contribution in [0.5, 0.6) is 0 Å². The first kappa shape index (κ1) is 15.6.